The van der Waals surface area contributed by atoms with E-state index in [9.17, 15) is 9.59 Å². The molecule has 0 aliphatic heterocycles. The van der Waals surface area contributed by atoms with Crippen LogP contribution in [-0.2, 0) is 4.79 Å². The summed E-state index contributed by atoms with van der Waals surface area (Å²) < 4.78 is 0. The first-order chi connectivity index (χ1) is 9.76. The number of carbonyl (C=O) groups excluding carboxylic acids is 2. The summed E-state index contributed by atoms with van der Waals surface area (Å²) in [5.74, 6) is 0.197. The maximum absolute atomic E-state index is 12.0. The Bertz CT molecular complexity index is 365. The number of nitrogens with two attached hydrogens (primary N) is 1. The summed E-state index contributed by atoms with van der Waals surface area (Å²) in [5, 5.41) is 5.12. The number of rotatable bonds is 5. The number of carbonyl (C=O) groups is 2. The van der Waals surface area contributed by atoms with Crippen LogP contribution in [0.3, 0.4) is 0 Å². The summed E-state index contributed by atoms with van der Waals surface area (Å²) in [6.07, 6.45) is 3.37. The number of hydrogen-bond acceptors (Lipinski definition) is 4. The van der Waals surface area contributed by atoms with Crippen LogP contribution in [0.25, 0.3) is 0 Å². The van der Waals surface area contributed by atoms with E-state index in [4.69, 9.17) is 5.73 Å². The summed E-state index contributed by atoms with van der Waals surface area (Å²) >= 11 is 0. The van der Waals surface area contributed by atoms with Gasteiger partial charge in [0.15, 0.2) is 0 Å². The molecule has 1 aliphatic carbocycles. The Balaban J connectivity index is 2.49. The lowest BCUT2D eigenvalue weighted by atomic mass is 10.0. The van der Waals surface area contributed by atoms with E-state index in [1.165, 1.54) is 0 Å². The topological polar surface area (TPSA) is 87.5 Å². The number of nitrogens with one attached hydrogen (secondary N) is 2. The normalized spacial score (nSPS) is 22.4. The van der Waals surface area contributed by atoms with Crippen LogP contribution < -0.4 is 16.4 Å². The molecule has 0 radical (unpaired) electrons. The Morgan fingerprint density at radius 1 is 1.29 bits per heavy atom. The van der Waals surface area contributed by atoms with Gasteiger partial charge in [0.05, 0.1) is 6.54 Å². The third-order valence-electron chi connectivity index (χ3n) is 3.89. The molecule has 1 fully saturated rings. The highest BCUT2D eigenvalue weighted by Gasteiger charge is 2.31. The number of amides is 3. The van der Waals surface area contributed by atoms with E-state index in [0.717, 1.165) is 25.8 Å². The summed E-state index contributed by atoms with van der Waals surface area (Å²) in [7, 11) is 0. The van der Waals surface area contributed by atoms with Gasteiger partial charge in [-0.2, -0.15) is 0 Å². The van der Waals surface area contributed by atoms with E-state index in [0.29, 0.717) is 18.5 Å². The van der Waals surface area contributed by atoms with Crippen molar-refractivity contribution in [1.82, 2.24) is 15.5 Å². The van der Waals surface area contributed by atoms with Crippen molar-refractivity contribution in [3.05, 3.63) is 0 Å². The molecule has 21 heavy (non-hydrogen) atoms. The van der Waals surface area contributed by atoms with Crippen molar-refractivity contribution >= 4 is 11.9 Å². The average molecular weight is 298 g/mol. The van der Waals surface area contributed by atoms with E-state index < -0.39 is 6.03 Å². The van der Waals surface area contributed by atoms with Gasteiger partial charge in [-0.3, -0.25) is 15.0 Å². The molecule has 0 spiro atoms. The molecule has 6 heteroatoms. The first-order valence-electron chi connectivity index (χ1n) is 7.83. The number of urea groups is 1. The molecule has 2 unspecified atom stereocenters. The molecule has 0 aromatic rings. The lowest BCUT2D eigenvalue weighted by molar-refractivity contribution is -0.121. The third kappa shape index (κ3) is 6.01. The van der Waals surface area contributed by atoms with Crippen LogP contribution in [0.1, 0.15) is 47.0 Å². The van der Waals surface area contributed by atoms with Gasteiger partial charge in [-0.15, -0.1) is 0 Å². The van der Waals surface area contributed by atoms with Crippen molar-refractivity contribution in [2.75, 3.05) is 19.6 Å². The molecule has 1 aliphatic rings. The molecular formula is C15H30N4O2. The molecule has 0 saturated heterocycles. The molecule has 0 aromatic carbocycles. The number of likely N-dealkylation sites (N-methyl/N-ethyl adjacent to an activating group) is 1. The Morgan fingerprint density at radius 2 is 1.95 bits per heavy atom. The number of nitrogens with zero attached hydrogens (tertiary/aromatic N) is 1. The fraction of sp³-hybridized carbons (Fsp3) is 0.867. The van der Waals surface area contributed by atoms with Crippen molar-refractivity contribution in [2.24, 2.45) is 11.7 Å². The smallest absolute Gasteiger partial charge is 0.321 e. The SMILES string of the molecule is CCN(CC(=O)NC(=O)NC(C)(C)C)C1CCCC1CN. The minimum absolute atomic E-state index is 0.245. The molecule has 0 heterocycles. The Labute approximate surface area is 127 Å². The van der Waals surface area contributed by atoms with Gasteiger partial charge < -0.3 is 11.1 Å². The minimum Gasteiger partial charge on any atom is -0.333 e. The highest BCUT2D eigenvalue weighted by molar-refractivity contribution is 5.95. The fourth-order valence-corrected chi connectivity index (χ4v) is 2.96. The van der Waals surface area contributed by atoms with Gasteiger partial charge in [-0.05, 0) is 52.6 Å². The summed E-state index contributed by atoms with van der Waals surface area (Å²) in [4.78, 5) is 25.8. The van der Waals surface area contributed by atoms with Gasteiger partial charge >= 0.3 is 6.03 Å². The zero-order chi connectivity index (χ0) is 16.0. The second-order valence-corrected chi connectivity index (χ2v) is 6.81. The number of hydrogen-bond donors (Lipinski definition) is 3. The Hall–Kier alpha value is -1.14. The molecule has 6 nitrogen and oxygen atoms in total. The molecule has 2 atom stereocenters. The van der Waals surface area contributed by atoms with Gasteiger partial charge in [0.2, 0.25) is 5.91 Å². The monoisotopic (exact) mass is 298 g/mol. The van der Waals surface area contributed by atoms with Crippen molar-refractivity contribution in [3.63, 3.8) is 0 Å². The molecule has 3 amide bonds. The van der Waals surface area contributed by atoms with Crippen LogP contribution in [0, 0.1) is 5.92 Å². The second-order valence-electron chi connectivity index (χ2n) is 6.81. The lowest BCUT2D eigenvalue weighted by Crippen LogP contribution is -2.52. The molecular weight excluding hydrogens is 268 g/mol. The highest BCUT2D eigenvalue weighted by Crippen LogP contribution is 2.28. The predicted molar refractivity (Wildman–Crippen MR) is 83.9 cm³/mol. The van der Waals surface area contributed by atoms with Gasteiger partial charge in [-0.1, -0.05) is 13.3 Å². The van der Waals surface area contributed by atoms with Crippen LogP contribution in [0.15, 0.2) is 0 Å². The molecule has 0 aromatic heterocycles. The summed E-state index contributed by atoms with van der Waals surface area (Å²) in [5.41, 5.74) is 5.45. The standard InChI is InChI=1S/C15H30N4O2/c1-5-19(12-8-6-7-11(12)9-16)10-13(20)17-14(21)18-15(2,3)4/h11-12H,5-10,16H2,1-4H3,(H2,17,18,20,21). The first-order valence-corrected chi connectivity index (χ1v) is 7.83. The fourth-order valence-electron chi connectivity index (χ4n) is 2.96. The van der Waals surface area contributed by atoms with Crippen LogP contribution in [0.5, 0.6) is 0 Å². The quantitative estimate of drug-likeness (QED) is 0.708. The second kappa shape index (κ2) is 7.75. The molecule has 0 bridgehead atoms. The van der Waals surface area contributed by atoms with Gasteiger partial charge in [-0.25, -0.2) is 4.79 Å². The van der Waals surface area contributed by atoms with Crippen molar-refractivity contribution in [3.8, 4) is 0 Å². The van der Waals surface area contributed by atoms with Crippen LogP contribution in [0.2, 0.25) is 0 Å². The molecule has 122 valence electrons. The van der Waals surface area contributed by atoms with Gasteiger partial charge in [0.25, 0.3) is 0 Å². The third-order valence-corrected chi connectivity index (χ3v) is 3.89. The zero-order valence-corrected chi connectivity index (χ0v) is 13.7. The van der Waals surface area contributed by atoms with Crippen LogP contribution >= 0.6 is 0 Å². The number of imide groups is 1. The van der Waals surface area contributed by atoms with E-state index >= 15 is 0 Å². The Morgan fingerprint density at radius 3 is 2.48 bits per heavy atom. The predicted octanol–water partition coefficient (Wildman–Crippen LogP) is 1.06. The highest BCUT2D eigenvalue weighted by atomic mass is 16.2. The van der Waals surface area contributed by atoms with E-state index in [-0.39, 0.29) is 18.0 Å². The Kier molecular flexibility index (Phi) is 6.61. The molecule has 1 rings (SSSR count). The minimum atomic E-state index is -0.439. The lowest BCUT2D eigenvalue weighted by Gasteiger charge is -2.31. The molecule has 4 N–H and O–H groups in total. The van der Waals surface area contributed by atoms with E-state index in [1.807, 2.05) is 27.7 Å². The first kappa shape index (κ1) is 17.9. The van der Waals surface area contributed by atoms with E-state index in [1.54, 1.807) is 0 Å². The average Bonchev–Trinajstić information content (AvgIpc) is 2.81. The van der Waals surface area contributed by atoms with Crippen LogP contribution in [0.4, 0.5) is 4.79 Å². The summed E-state index contributed by atoms with van der Waals surface area (Å²) in [6.45, 7) is 9.35. The van der Waals surface area contributed by atoms with Crippen LogP contribution in [-0.4, -0.2) is 48.1 Å². The molecule has 1 saturated carbocycles. The summed E-state index contributed by atoms with van der Waals surface area (Å²) in [6, 6.07) is -0.0817. The largest absolute Gasteiger partial charge is 0.333 e. The van der Waals surface area contributed by atoms with Gasteiger partial charge in [0, 0.05) is 11.6 Å². The zero-order valence-electron chi connectivity index (χ0n) is 13.7. The maximum atomic E-state index is 12.0. The maximum Gasteiger partial charge on any atom is 0.321 e. The van der Waals surface area contributed by atoms with Crippen molar-refractivity contribution < 1.29 is 9.59 Å². The van der Waals surface area contributed by atoms with Crippen molar-refractivity contribution in [1.29, 1.82) is 0 Å². The van der Waals surface area contributed by atoms with Crippen molar-refractivity contribution in [2.45, 2.75) is 58.5 Å². The van der Waals surface area contributed by atoms with Gasteiger partial charge in [0.1, 0.15) is 0 Å². The van der Waals surface area contributed by atoms with E-state index in [2.05, 4.69) is 15.5 Å².